The molecule has 0 aliphatic rings. The maximum Gasteiger partial charge on any atom is 0.326 e. The zero-order valence-electron chi connectivity index (χ0n) is 19.0. The number of carbonyl (C=O) groups excluding carboxylic acids is 1. The number of rotatable bonds is 12. The monoisotopic (exact) mass is 535 g/mol. The highest BCUT2D eigenvalue weighted by Crippen LogP contribution is 2.18. The average Bonchev–Trinajstić information content (AvgIpc) is 2.84. The Labute approximate surface area is 216 Å². The molecule has 36 heavy (non-hydrogen) atoms. The topological polar surface area (TPSA) is 171 Å². The van der Waals surface area contributed by atoms with E-state index in [1.54, 1.807) is 24.3 Å². The first kappa shape index (κ1) is 26.9. The van der Waals surface area contributed by atoms with Gasteiger partial charge in [0.05, 0.1) is 7.11 Å². The summed E-state index contributed by atoms with van der Waals surface area (Å²) in [5.74, 6) is -1.35. The van der Waals surface area contributed by atoms with E-state index in [4.69, 9.17) is 33.0 Å². The molecule has 2 heterocycles. The van der Waals surface area contributed by atoms with Gasteiger partial charge in [0, 0.05) is 30.8 Å². The van der Waals surface area contributed by atoms with Crippen LogP contribution in [0.3, 0.4) is 0 Å². The van der Waals surface area contributed by atoms with Gasteiger partial charge in [0.25, 0.3) is 5.91 Å². The number of aliphatic hydroxyl groups is 1. The molecule has 0 fully saturated rings. The number of nitrogens with one attached hydrogen (secondary N) is 3. The molecule has 0 radical (unpaired) electrons. The molecule has 2 aromatic heterocycles. The summed E-state index contributed by atoms with van der Waals surface area (Å²) in [5.41, 5.74) is 1.43. The molecule has 12 nitrogen and oxygen atoms in total. The van der Waals surface area contributed by atoms with Gasteiger partial charge < -0.3 is 30.9 Å². The minimum absolute atomic E-state index is 0.00000373. The number of anilines is 3. The Kier molecular flexibility index (Phi) is 9.56. The summed E-state index contributed by atoms with van der Waals surface area (Å²) in [6.07, 6.45) is 0.579. The summed E-state index contributed by atoms with van der Waals surface area (Å²) in [4.78, 5) is 40.4. The first-order chi connectivity index (χ1) is 17.3. The Morgan fingerprint density at radius 2 is 1.69 bits per heavy atom. The van der Waals surface area contributed by atoms with Gasteiger partial charge in [-0.2, -0.15) is 15.0 Å². The summed E-state index contributed by atoms with van der Waals surface area (Å²) >= 11 is 11.7. The van der Waals surface area contributed by atoms with Gasteiger partial charge in [-0.1, -0.05) is 35.3 Å². The van der Waals surface area contributed by atoms with Crippen molar-refractivity contribution in [1.29, 1.82) is 0 Å². The van der Waals surface area contributed by atoms with E-state index >= 15 is 0 Å². The second-order valence-corrected chi connectivity index (χ2v) is 8.14. The van der Waals surface area contributed by atoms with E-state index in [-0.39, 0.29) is 46.8 Å². The van der Waals surface area contributed by atoms with E-state index in [1.165, 1.54) is 19.2 Å². The van der Waals surface area contributed by atoms with Crippen LogP contribution in [-0.2, 0) is 11.2 Å². The highest BCUT2D eigenvalue weighted by atomic mass is 35.5. The van der Waals surface area contributed by atoms with Gasteiger partial charge in [-0.25, -0.2) is 9.78 Å². The Balaban J connectivity index is 1.67. The van der Waals surface area contributed by atoms with Crippen molar-refractivity contribution in [2.24, 2.45) is 0 Å². The quantitative estimate of drug-likeness (QED) is 0.170. The normalized spacial score (nSPS) is 11.4. The predicted octanol–water partition coefficient (Wildman–Crippen LogP) is 2.74. The number of halogens is 2. The Morgan fingerprint density at radius 1 is 1.03 bits per heavy atom. The van der Waals surface area contributed by atoms with E-state index in [0.717, 1.165) is 0 Å². The molecule has 0 aliphatic heterocycles. The van der Waals surface area contributed by atoms with Gasteiger partial charge in [-0.05, 0) is 36.2 Å². The molecule has 5 N–H and O–H groups in total. The summed E-state index contributed by atoms with van der Waals surface area (Å²) in [6.45, 7) is 0.409. The van der Waals surface area contributed by atoms with Crippen molar-refractivity contribution in [3.63, 3.8) is 0 Å². The molecular formula is C22H23Cl2N7O5. The third-order valence-corrected chi connectivity index (χ3v) is 5.08. The highest BCUT2D eigenvalue weighted by Gasteiger charge is 2.20. The summed E-state index contributed by atoms with van der Waals surface area (Å²) in [6, 6.07) is 8.39. The van der Waals surface area contributed by atoms with Crippen LogP contribution in [0.4, 0.5) is 17.6 Å². The molecule has 3 aromatic rings. The zero-order chi connectivity index (χ0) is 26.1. The number of benzene rings is 1. The van der Waals surface area contributed by atoms with Crippen LogP contribution in [0.15, 0.2) is 36.4 Å². The average molecular weight is 536 g/mol. The maximum absolute atomic E-state index is 12.4. The lowest BCUT2D eigenvalue weighted by Gasteiger charge is -2.16. The minimum atomic E-state index is -1.12. The van der Waals surface area contributed by atoms with Crippen molar-refractivity contribution in [2.45, 2.75) is 18.9 Å². The van der Waals surface area contributed by atoms with Crippen LogP contribution in [0.2, 0.25) is 10.3 Å². The Morgan fingerprint density at radius 3 is 2.31 bits per heavy atom. The van der Waals surface area contributed by atoms with Crippen LogP contribution in [-0.4, -0.2) is 68.3 Å². The lowest BCUT2D eigenvalue weighted by atomic mass is 10.1. The smallest absolute Gasteiger partial charge is 0.326 e. The molecule has 0 unspecified atom stereocenters. The fraction of sp³-hybridized carbons (Fsp3) is 0.273. The molecule has 1 amide bonds. The van der Waals surface area contributed by atoms with Crippen molar-refractivity contribution in [3.05, 3.63) is 57.8 Å². The fourth-order valence-electron chi connectivity index (χ4n) is 2.99. The first-order valence-electron chi connectivity index (χ1n) is 10.6. The molecule has 190 valence electrons. The van der Waals surface area contributed by atoms with Crippen molar-refractivity contribution < 1.29 is 24.5 Å². The van der Waals surface area contributed by atoms with Crippen molar-refractivity contribution in [2.75, 3.05) is 36.2 Å². The standard InChI is InChI=1S/C22H23Cl2N7O5/c1-36-22-30-20(25-7-2-8-32)29-21(31-22)27-15(19(34)35)9-12-3-5-14(6-4-12)26-18(33)13-10-16(23)28-17(24)11-13/h3-6,10-11,15,32H,2,7-9H2,1H3,(H,26,33)(H,34,35)(H2,25,27,29,30,31)/t15-/m0/s1. The van der Waals surface area contributed by atoms with Gasteiger partial charge in [-0.15, -0.1) is 0 Å². The number of aliphatic carboxylic acids is 1. The number of methoxy groups -OCH3 is 1. The van der Waals surface area contributed by atoms with Gasteiger partial charge in [-0.3, -0.25) is 4.79 Å². The number of pyridine rings is 1. The highest BCUT2D eigenvalue weighted by molar-refractivity contribution is 6.33. The Bertz CT molecular complexity index is 1190. The van der Waals surface area contributed by atoms with E-state index in [1.807, 2.05) is 0 Å². The molecular weight excluding hydrogens is 513 g/mol. The molecule has 3 rings (SSSR count). The number of hydrogen-bond acceptors (Lipinski definition) is 10. The third kappa shape index (κ3) is 7.90. The van der Waals surface area contributed by atoms with Crippen LogP contribution < -0.4 is 20.7 Å². The van der Waals surface area contributed by atoms with Crippen LogP contribution in [0, 0.1) is 0 Å². The molecule has 0 spiro atoms. The van der Waals surface area contributed by atoms with Gasteiger partial charge in [0.15, 0.2) is 0 Å². The van der Waals surface area contributed by atoms with Crippen LogP contribution in [0.5, 0.6) is 6.01 Å². The van der Waals surface area contributed by atoms with E-state index in [9.17, 15) is 14.7 Å². The second-order valence-electron chi connectivity index (χ2n) is 7.36. The molecule has 0 saturated heterocycles. The number of ether oxygens (including phenoxy) is 1. The van der Waals surface area contributed by atoms with Crippen LogP contribution in [0.1, 0.15) is 22.3 Å². The summed E-state index contributed by atoms with van der Waals surface area (Å²) in [7, 11) is 1.38. The molecule has 14 heteroatoms. The number of hydrogen-bond donors (Lipinski definition) is 5. The van der Waals surface area contributed by atoms with E-state index < -0.39 is 17.9 Å². The first-order valence-corrected chi connectivity index (χ1v) is 11.4. The number of carbonyl (C=O) groups is 2. The second kappa shape index (κ2) is 12.8. The molecule has 0 aliphatic carbocycles. The number of amides is 1. The maximum atomic E-state index is 12.4. The SMILES string of the molecule is COc1nc(NCCCO)nc(N[C@@H](Cc2ccc(NC(=O)c3cc(Cl)nc(Cl)c3)cc2)C(=O)O)n1. The van der Waals surface area contributed by atoms with Gasteiger partial charge >= 0.3 is 12.0 Å². The van der Waals surface area contributed by atoms with E-state index in [0.29, 0.717) is 24.2 Å². The zero-order valence-corrected chi connectivity index (χ0v) is 20.5. The molecule has 0 saturated carbocycles. The number of aliphatic hydroxyl groups excluding tert-OH is 1. The van der Waals surface area contributed by atoms with Crippen molar-refractivity contribution >= 4 is 52.7 Å². The lowest BCUT2D eigenvalue weighted by molar-refractivity contribution is -0.137. The van der Waals surface area contributed by atoms with E-state index in [2.05, 4.69) is 35.9 Å². The van der Waals surface area contributed by atoms with Gasteiger partial charge in [0.2, 0.25) is 11.9 Å². The number of carboxylic acid groups (broad SMARTS) is 1. The third-order valence-electron chi connectivity index (χ3n) is 4.69. The van der Waals surface area contributed by atoms with Crippen molar-refractivity contribution in [1.82, 2.24) is 19.9 Å². The molecule has 0 bridgehead atoms. The largest absolute Gasteiger partial charge is 0.480 e. The minimum Gasteiger partial charge on any atom is -0.480 e. The number of carboxylic acids is 1. The Hall–Kier alpha value is -3.74. The molecule has 1 atom stereocenters. The number of aromatic nitrogens is 4. The van der Waals surface area contributed by atoms with Gasteiger partial charge in [0.1, 0.15) is 16.3 Å². The number of nitrogens with zero attached hydrogens (tertiary/aromatic N) is 4. The molecule has 1 aromatic carbocycles. The lowest BCUT2D eigenvalue weighted by Crippen LogP contribution is -2.32. The fourth-order valence-corrected chi connectivity index (χ4v) is 3.45. The van der Waals surface area contributed by atoms with Crippen molar-refractivity contribution in [3.8, 4) is 6.01 Å². The summed E-state index contributed by atoms with van der Waals surface area (Å²) < 4.78 is 5.06. The van der Waals surface area contributed by atoms with Crippen LogP contribution >= 0.6 is 23.2 Å². The predicted molar refractivity (Wildman–Crippen MR) is 134 cm³/mol. The van der Waals surface area contributed by atoms with Crippen LogP contribution in [0.25, 0.3) is 0 Å². The summed E-state index contributed by atoms with van der Waals surface area (Å²) in [5, 5.41) is 27.2.